The van der Waals surface area contributed by atoms with Gasteiger partial charge in [-0.25, -0.2) is 4.79 Å². The SMILES string of the molecule is CC(C)(C)OC(=O)NCC1(c2ccccc2)CCCN1. The first-order chi connectivity index (χ1) is 9.41. The molecule has 1 aliphatic heterocycles. The molecule has 1 aliphatic rings. The van der Waals surface area contributed by atoms with Crippen LogP contribution in [0.25, 0.3) is 0 Å². The zero-order chi connectivity index (χ0) is 14.6. The number of ether oxygens (including phenoxy) is 1. The molecule has 1 unspecified atom stereocenters. The molecule has 0 saturated carbocycles. The van der Waals surface area contributed by atoms with E-state index in [1.165, 1.54) is 5.56 Å². The first kappa shape index (κ1) is 14.9. The van der Waals surface area contributed by atoms with Gasteiger partial charge in [-0.05, 0) is 45.7 Å². The van der Waals surface area contributed by atoms with Gasteiger partial charge in [0.1, 0.15) is 5.60 Å². The maximum Gasteiger partial charge on any atom is 0.407 e. The van der Waals surface area contributed by atoms with Gasteiger partial charge >= 0.3 is 6.09 Å². The molecular weight excluding hydrogens is 252 g/mol. The Hall–Kier alpha value is -1.55. The number of rotatable bonds is 3. The fourth-order valence-corrected chi connectivity index (χ4v) is 2.60. The number of hydrogen-bond donors (Lipinski definition) is 2. The van der Waals surface area contributed by atoms with Crippen molar-refractivity contribution >= 4 is 6.09 Å². The van der Waals surface area contributed by atoms with Crippen molar-refractivity contribution in [3.63, 3.8) is 0 Å². The first-order valence-corrected chi connectivity index (χ1v) is 7.19. The van der Waals surface area contributed by atoms with E-state index in [0.717, 1.165) is 19.4 Å². The Kier molecular flexibility index (Phi) is 4.33. The van der Waals surface area contributed by atoms with E-state index in [-0.39, 0.29) is 11.6 Å². The van der Waals surface area contributed by atoms with Gasteiger partial charge in [0.2, 0.25) is 0 Å². The molecule has 1 aromatic rings. The highest BCUT2D eigenvalue weighted by Crippen LogP contribution is 2.30. The fourth-order valence-electron chi connectivity index (χ4n) is 2.60. The highest BCUT2D eigenvalue weighted by atomic mass is 16.6. The lowest BCUT2D eigenvalue weighted by molar-refractivity contribution is 0.0511. The van der Waals surface area contributed by atoms with Crippen molar-refractivity contribution in [2.75, 3.05) is 13.1 Å². The van der Waals surface area contributed by atoms with Gasteiger partial charge in [0.05, 0.1) is 5.54 Å². The lowest BCUT2D eigenvalue weighted by atomic mass is 9.88. The van der Waals surface area contributed by atoms with E-state index in [0.29, 0.717) is 6.54 Å². The standard InChI is InChI=1S/C16H24N2O2/c1-15(2,3)20-14(19)17-12-16(10-7-11-18-16)13-8-5-4-6-9-13/h4-6,8-9,18H,7,10-12H2,1-3H3,(H,17,19). The third-order valence-corrected chi connectivity index (χ3v) is 3.50. The lowest BCUT2D eigenvalue weighted by Gasteiger charge is -2.31. The molecule has 0 bridgehead atoms. The van der Waals surface area contributed by atoms with Crippen LogP contribution in [0.3, 0.4) is 0 Å². The molecule has 1 amide bonds. The Morgan fingerprint density at radius 2 is 2.05 bits per heavy atom. The van der Waals surface area contributed by atoms with Crippen molar-refractivity contribution in [1.29, 1.82) is 0 Å². The van der Waals surface area contributed by atoms with Crippen LogP contribution in [-0.4, -0.2) is 24.8 Å². The summed E-state index contributed by atoms with van der Waals surface area (Å²) in [5, 5.41) is 6.43. The Morgan fingerprint density at radius 3 is 2.60 bits per heavy atom. The summed E-state index contributed by atoms with van der Waals surface area (Å²) in [6, 6.07) is 10.3. The minimum Gasteiger partial charge on any atom is -0.444 e. The van der Waals surface area contributed by atoms with Gasteiger partial charge in [0.15, 0.2) is 0 Å². The summed E-state index contributed by atoms with van der Waals surface area (Å²) in [6.45, 7) is 7.13. The third kappa shape index (κ3) is 3.73. The zero-order valence-electron chi connectivity index (χ0n) is 12.5. The van der Waals surface area contributed by atoms with Gasteiger partial charge < -0.3 is 15.4 Å². The number of carbonyl (C=O) groups is 1. The molecule has 20 heavy (non-hydrogen) atoms. The van der Waals surface area contributed by atoms with Crippen LogP contribution in [0.5, 0.6) is 0 Å². The molecule has 1 atom stereocenters. The minimum absolute atomic E-state index is 0.168. The molecule has 1 aromatic carbocycles. The molecule has 0 radical (unpaired) electrons. The normalized spacial score (nSPS) is 22.6. The van der Waals surface area contributed by atoms with Crippen LogP contribution in [0.4, 0.5) is 4.79 Å². The van der Waals surface area contributed by atoms with Gasteiger partial charge in [-0.1, -0.05) is 30.3 Å². The quantitative estimate of drug-likeness (QED) is 0.892. The Balaban J connectivity index is 2.02. The first-order valence-electron chi connectivity index (χ1n) is 7.19. The van der Waals surface area contributed by atoms with Gasteiger partial charge in [0, 0.05) is 6.54 Å². The Morgan fingerprint density at radius 1 is 1.35 bits per heavy atom. The summed E-state index contributed by atoms with van der Waals surface area (Å²) < 4.78 is 5.30. The van der Waals surface area contributed by atoms with Crippen LogP contribution in [0.15, 0.2) is 30.3 Å². The van der Waals surface area contributed by atoms with E-state index >= 15 is 0 Å². The van der Waals surface area contributed by atoms with Gasteiger partial charge in [-0.15, -0.1) is 0 Å². The smallest absolute Gasteiger partial charge is 0.407 e. The van der Waals surface area contributed by atoms with Crippen LogP contribution >= 0.6 is 0 Å². The third-order valence-electron chi connectivity index (χ3n) is 3.50. The van der Waals surface area contributed by atoms with Crippen molar-refractivity contribution < 1.29 is 9.53 Å². The topological polar surface area (TPSA) is 50.4 Å². The molecule has 0 spiro atoms. The predicted molar refractivity (Wildman–Crippen MR) is 79.6 cm³/mol. The molecule has 4 nitrogen and oxygen atoms in total. The highest BCUT2D eigenvalue weighted by Gasteiger charge is 2.35. The predicted octanol–water partition coefficient (Wildman–Crippen LogP) is 2.79. The monoisotopic (exact) mass is 276 g/mol. The van der Waals surface area contributed by atoms with Crippen molar-refractivity contribution in [3.05, 3.63) is 35.9 Å². The zero-order valence-corrected chi connectivity index (χ0v) is 12.5. The molecule has 2 N–H and O–H groups in total. The number of carbonyl (C=O) groups excluding carboxylic acids is 1. The van der Waals surface area contributed by atoms with Crippen molar-refractivity contribution in [2.24, 2.45) is 0 Å². The lowest BCUT2D eigenvalue weighted by Crippen LogP contribution is -2.48. The Bertz CT molecular complexity index is 445. The highest BCUT2D eigenvalue weighted by molar-refractivity contribution is 5.67. The van der Waals surface area contributed by atoms with E-state index in [4.69, 9.17) is 4.74 Å². The second-order valence-electron chi connectivity index (χ2n) is 6.33. The maximum absolute atomic E-state index is 11.8. The number of nitrogens with one attached hydrogen (secondary N) is 2. The van der Waals surface area contributed by atoms with Crippen LogP contribution < -0.4 is 10.6 Å². The molecule has 1 heterocycles. The average Bonchev–Trinajstić information content (AvgIpc) is 2.85. The van der Waals surface area contributed by atoms with Crippen LogP contribution in [-0.2, 0) is 10.3 Å². The van der Waals surface area contributed by atoms with Crippen molar-refractivity contribution in [3.8, 4) is 0 Å². The molecule has 1 fully saturated rings. The number of alkyl carbamates (subject to hydrolysis) is 1. The molecule has 4 heteroatoms. The summed E-state index contributed by atoms with van der Waals surface area (Å²) in [5.74, 6) is 0. The molecule has 0 aromatic heterocycles. The molecule has 1 saturated heterocycles. The van der Waals surface area contributed by atoms with E-state index in [1.54, 1.807) is 0 Å². The molecular formula is C16H24N2O2. The van der Waals surface area contributed by atoms with Crippen LogP contribution in [0, 0.1) is 0 Å². The van der Waals surface area contributed by atoms with E-state index in [1.807, 2.05) is 39.0 Å². The van der Waals surface area contributed by atoms with Crippen molar-refractivity contribution in [1.82, 2.24) is 10.6 Å². The fraction of sp³-hybridized carbons (Fsp3) is 0.562. The number of amides is 1. The van der Waals surface area contributed by atoms with Crippen LogP contribution in [0.1, 0.15) is 39.2 Å². The largest absolute Gasteiger partial charge is 0.444 e. The number of benzene rings is 1. The summed E-state index contributed by atoms with van der Waals surface area (Å²) in [5.41, 5.74) is 0.583. The van der Waals surface area contributed by atoms with Crippen molar-refractivity contribution in [2.45, 2.75) is 44.8 Å². The van der Waals surface area contributed by atoms with Gasteiger partial charge in [0.25, 0.3) is 0 Å². The summed E-state index contributed by atoms with van der Waals surface area (Å²) in [4.78, 5) is 11.8. The van der Waals surface area contributed by atoms with Gasteiger partial charge in [-0.2, -0.15) is 0 Å². The average molecular weight is 276 g/mol. The minimum atomic E-state index is -0.465. The van der Waals surface area contributed by atoms with E-state index in [9.17, 15) is 4.79 Å². The Labute approximate surface area is 120 Å². The van der Waals surface area contributed by atoms with Crippen LogP contribution in [0.2, 0.25) is 0 Å². The molecule has 2 rings (SSSR count). The van der Waals surface area contributed by atoms with Gasteiger partial charge in [-0.3, -0.25) is 0 Å². The summed E-state index contributed by atoms with van der Waals surface area (Å²) in [7, 11) is 0. The molecule has 110 valence electrons. The van der Waals surface area contributed by atoms with E-state index < -0.39 is 5.60 Å². The summed E-state index contributed by atoms with van der Waals surface area (Å²) in [6.07, 6.45) is 1.78. The second kappa shape index (κ2) is 5.83. The molecule has 0 aliphatic carbocycles. The van der Waals surface area contributed by atoms with E-state index in [2.05, 4.69) is 22.8 Å². The maximum atomic E-state index is 11.8. The number of hydrogen-bond acceptors (Lipinski definition) is 3. The summed E-state index contributed by atoms with van der Waals surface area (Å²) >= 11 is 0. The second-order valence-corrected chi connectivity index (χ2v) is 6.33.